The van der Waals surface area contributed by atoms with Gasteiger partial charge in [-0.1, -0.05) is 6.07 Å². The van der Waals surface area contributed by atoms with E-state index in [9.17, 15) is 0 Å². The molecular formula is C16H18N6. The Labute approximate surface area is 128 Å². The highest BCUT2D eigenvalue weighted by Gasteiger charge is 2.18. The molecule has 0 spiro atoms. The van der Waals surface area contributed by atoms with Crippen molar-refractivity contribution < 1.29 is 0 Å². The van der Waals surface area contributed by atoms with Gasteiger partial charge in [0.15, 0.2) is 0 Å². The third-order valence-electron chi connectivity index (χ3n) is 4.14. The molecule has 1 aromatic carbocycles. The van der Waals surface area contributed by atoms with Gasteiger partial charge in [-0.3, -0.25) is 9.88 Å². The summed E-state index contributed by atoms with van der Waals surface area (Å²) in [6.45, 7) is 5.04. The molecule has 0 atom stereocenters. The highest BCUT2D eigenvalue weighted by molar-refractivity contribution is 5.74. The minimum Gasteiger partial charge on any atom is -0.353 e. The molecule has 0 saturated carbocycles. The lowest BCUT2D eigenvalue weighted by molar-refractivity contribution is 0.249. The predicted molar refractivity (Wildman–Crippen MR) is 85.6 cm³/mol. The first-order valence-corrected chi connectivity index (χ1v) is 7.54. The summed E-state index contributed by atoms with van der Waals surface area (Å²) in [5.74, 6) is 0.973. The Morgan fingerprint density at radius 3 is 2.77 bits per heavy atom. The van der Waals surface area contributed by atoms with Crippen molar-refractivity contribution in [1.29, 1.82) is 0 Å². The maximum absolute atomic E-state index is 4.37. The maximum Gasteiger partial charge on any atom is 0.147 e. The van der Waals surface area contributed by atoms with Crippen molar-refractivity contribution in [1.82, 2.24) is 24.8 Å². The summed E-state index contributed by atoms with van der Waals surface area (Å²) in [7, 11) is 0. The molecule has 0 unspecified atom stereocenters. The van der Waals surface area contributed by atoms with Crippen LogP contribution in [0.25, 0.3) is 11.0 Å². The number of piperazine rings is 1. The van der Waals surface area contributed by atoms with Gasteiger partial charge in [0.05, 0.1) is 23.6 Å². The molecule has 6 heteroatoms. The van der Waals surface area contributed by atoms with Gasteiger partial charge in [-0.2, -0.15) is 0 Å². The molecule has 1 aliphatic rings. The Bertz CT molecular complexity index is 745. The van der Waals surface area contributed by atoms with E-state index in [0.29, 0.717) is 0 Å². The van der Waals surface area contributed by atoms with Gasteiger partial charge in [-0.25, -0.2) is 9.97 Å². The first-order chi connectivity index (χ1) is 10.9. The van der Waals surface area contributed by atoms with Crippen LogP contribution in [-0.2, 0) is 6.54 Å². The van der Waals surface area contributed by atoms with E-state index in [2.05, 4.69) is 47.9 Å². The SMILES string of the molecule is c1cnc(N2CCN(Cc3ccc4nc[nH]c4c3)CC2)cn1. The third-order valence-corrected chi connectivity index (χ3v) is 4.14. The minimum absolute atomic E-state index is 0.973. The molecule has 22 heavy (non-hydrogen) atoms. The lowest BCUT2D eigenvalue weighted by Crippen LogP contribution is -2.46. The van der Waals surface area contributed by atoms with E-state index < -0.39 is 0 Å². The van der Waals surface area contributed by atoms with Gasteiger partial charge in [0, 0.05) is 45.1 Å². The summed E-state index contributed by atoms with van der Waals surface area (Å²) >= 11 is 0. The highest BCUT2D eigenvalue weighted by Crippen LogP contribution is 2.16. The highest BCUT2D eigenvalue weighted by atomic mass is 15.3. The molecule has 4 rings (SSSR count). The van der Waals surface area contributed by atoms with Gasteiger partial charge in [0.25, 0.3) is 0 Å². The number of rotatable bonds is 3. The number of aromatic amines is 1. The molecule has 1 N–H and O–H groups in total. The first kappa shape index (κ1) is 13.2. The average Bonchev–Trinajstić information content (AvgIpc) is 3.04. The van der Waals surface area contributed by atoms with Crippen molar-refractivity contribution in [3.05, 3.63) is 48.7 Å². The number of fused-ring (bicyclic) bond motifs is 1. The number of imidazole rings is 1. The summed E-state index contributed by atoms with van der Waals surface area (Å²) in [6, 6.07) is 6.44. The fourth-order valence-corrected chi connectivity index (χ4v) is 2.93. The largest absolute Gasteiger partial charge is 0.353 e. The topological polar surface area (TPSA) is 60.9 Å². The number of anilines is 1. The molecule has 2 aromatic heterocycles. The number of nitrogens with one attached hydrogen (secondary N) is 1. The van der Waals surface area contributed by atoms with Gasteiger partial charge < -0.3 is 9.88 Å². The number of H-pyrrole nitrogens is 1. The van der Waals surface area contributed by atoms with Crippen molar-refractivity contribution in [2.75, 3.05) is 31.1 Å². The smallest absolute Gasteiger partial charge is 0.147 e. The zero-order valence-electron chi connectivity index (χ0n) is 12.3. The molecule has 112 valence electrons. The molecule has 3 aromatic rings. The number of hydrogen-bond donors (Lipinski definition) is 1. The van der Waals surface area contributed by atoms with Gasteiger partial charge >= 0.3 is 0 Å². The molecule has 6 nitrogen and oxygen atoms in total. The first-order valence-electron chi connectivity index (χ1n) is 7.54. The molecule has 1 fully saturated rings. The molecule has 1 saturated heterocycles. The maximum atomic E-state index is 4.37. The van der Waals surface area contributed by atoms with Crippen LogP contribution < -0.4 is 4.90 Å². The van der Waals surface area contributed by atoms with E-state index in [4.69, 9.17) is 0 Å². The fraction of sp³-hybridized carbons (Fsp3) is 0.312. The van der Waals surface area contributed by atoms with Crippen molar-refractivity contribution in [2.45, 2.75) is 6.54 Å². The second-order valence-corrected chi connectivity index (χ2v) is 5.58. The Morgan fingerprint density at radius 1 is 1.05 bits per heavy atom. The lowest BCUT2D eigenvalue weighted by atomic mass is 10.1. The Kier molecular flexibility index (Phi) is 3.44. The number of benzene rings is 1. The van der Waals surface area contributed by atoms with E-state index in [1.54, 1.807) is 18.7 Å². The molecule has 3 heterocycles. The standard InChI is InChI=1S/C16H18N6/c1-2-14-15(20-12-19-14)9-13(1)11-21-5-7-22(8-6-21)16-10-17-3-4-18-16/h1-4,9-10,12H,5-8,11H2,(H,19,20). The fourth-order valence-electron chi connectivity index (χ4n) is 2.93. The Morgan fingerprint density at radius 2 is 1.95 bits per heavy atom. The number of hydrogen-bond acceptors (Lipinski definition) is 5. The van der Waals surface area contributed by atoms with E-state index in [0.717, 1.165) is 49.6 Å². The molecule has 1 aliphatic heterocycles. The summed E-state index contributed by atoms with van der Waals surface area (Å²) < 4.78 is 0. The van der Waals surface area contributed by atoms with Gasteiger partial charge in [0.2, 0.25) is 0 Å². The van der Waals surface area contributed by atoms with Crippen LogP contribution in [-0.4, -0.2) is 51.0 Å². The predicted octanol–water partition coefficient (Wildman–Crippen LogP) is 1.68. The van der Waals surface area contributed by atoms with E-state index in [1.807, 2.05) is 6.20 Å². The minimum atomic E-state index is 0.973. The second-order valence-electron chi connectivity index (χ2n) is 5.58. The van der Waals surface area contributed by atoms with Crippen LogP contribution in [0, 0.1) is 0 Å². The van der Waals surface area contributed by atoms with Crippen LogP contribution in [0.5, 0.6) is 0 Å². The van der Waals surface area contributed by atoms with E-state index in [-0.39, 0.29) is 0 Å². The van der Waals surface area contributed by atoms with Crippen LogP contribution >= 0.6 is 0 Å². The Hall–Kier alpha value is -2.47. The average molecular weight is 294 g/mol. The van der Waals surface area contributed by atoms with Crippen LogP contribution in [0.2, 0.25) is 0 Å². The summed E-state index contributed by atoms with van der Waals surface area (Å²) in [5.41, 5.74) is 3.46. The van der Waals surface area contributed by atoms with Gasteiger partial charge in [0.1, 0.15) is 5.82 Å². The third kappa shape index (κ3) is 2.65. The normalized spacial score (nSPS) is 16.3. The van der Waals surface area contributed by atoms with E-state index in [1.165, 1.54) is 5.56 Å². The molecule has 0 aliphatic carbocycles. The van der Waals surface area contributed by atoms with Crippen molar-refractivity contribution in [3.8, 4) is 0 Å². The molecule has 0 radical (unpaired) electrons. The summed E-state index contributed by atoms with van der Waals surface area (Å²) in [6.07, 6.45) is 7.04. The molecular weight excluding hydrogens is 276 g/mol. The molecule has 0 amide bonds. The van der Waals surface area contributed by atoms with Crippen molar-refractivity contribution >= 4 is 16.9 Å². The van der Waals surface area contributed by atoms with Gasteiger partial charge in [-0.15, -0.1) is 0 Å². The van der Waals surface area contributed by atoms with Crippen LogP contribution in [0.1, 0.15) is 5.56 Å². The van der Waals surface area contributed by atoms with Crippen molar-refractivity contribution in [3.63, 3.8) is 0 Å². The summed E-state index contributed by atoms with van der Waals surface area (Å²) in [5, 5.41) is 0. The zero-order chi connectivity index (χ0) is 14.8. The van der Waals surface area contributed by atoms with Crippen LogP contribution in [0.3, 0.4) is 0 Å². The quantitative estimate of drug-likeness (QED) is 0.796. The van der Waals surface area contributed by atoms with E-state index >= 15 is 0 Å². The van der Waals surface area contributed by atoms with Crippen molar-refractivity contribution in [2.24, 2.45) is 0 Å². The lowest BCUT2D eigenvalue weighted by Gasteiger charge is -2.35. The zero-order valence-corrected chi connectivity index (χ0v) is 12.3. The van der Waals surface area contributed by atoms with Crippen LogP contribution in [0.15, 0.2) is 43.1 Å². The second kappa shape index (κ2) is 5.73. The number of aromatic nitrogens is 4. The Balaban J connectivity index is 1.39. The number of nitrogens with zero attached hydrogens (tertiary/aromatic N) is 5. The summed E-state index contributed by atoms with van der Waals surface area (Å²) in [4.78, 5) is 20.7. The van der Waals surface area contributed by atoms with Gasteiger partial charge in [-0.05, 0) is 17.7 Å². The monoisotopic (exact) mass is 294 g/mol. The molecule has 0 bridgehead atoms. The van der Waals surface area contributed by atoms with Crippen LogP contribution in [0.4, 0.5) is 5.82 Å².